The zero-order chi connectivity index (χ0) is 12.7. The van der Waals surface area contributed by atoms with Gasteiger partial charge < -0.3 is 0 Å². The van der Waals surface area contributed by atoms with Crippen LogP contribution >= 0.6 is 0 Å². The summed E-state index contributed by atoms with van der Waals surface area (Å²) in [6, 6.07) is 8.10. The van der Waals surface area contributed by atoms with E-state index in [0.29, 0.717) is 5.82 Å². The van der Waals surface area contributed by atoms with Gasteiger partial charge >= 0.3 is 0 Å². The number of rotatable bonds is 2. The average molecular weight is 232 g/mol. The van der Waals surface area contributed by atoms with Gasteiger partial charge in [0.25, 0.3) is 0 Å². The summed E-state index contributed by atoms with van der Waals surface area (Å²) < 4.78 is 0. The van der Waals surface area contributed by atoms with Gasteiger partial charge in [-0.2, -0.15) is 5.21 Å². The third-order valence-electron chi connectivity index (χ3n) is 2.38. The van der Waals surface area contributed by atoms with Crippen molar-refractivity contribution in [3.63, 3.8) is 0 Å². The normalized spacial score (nSPS) is 10.7. The molecule has 1 heterocycles. The molecule has 17 heavy (non-hydrogen) atoms. The molecule has 4 heteroatoms. The maximum Gasteiger partial charge on any atom is 0.204 e. The number of hydrogen-bond donors (Lipinski definition) is 1. The molecule has 0 bridgehead atoms. The number of hydrogen-bond acceptors (Lipinski definition) is 3. The number of allylic oxidation sites excluding steroid dienone is 2. The topological polar surface area (TPSA) is 54.5 Å². The number of aromatic amines is 1. The first-order valence-electron chi connectivity index (χ1n) is 5.78. The standard InChI is InChI=1S/C11H12N4.C2H6.H2/c1-3-8(2)9-4-6-10(7-5-9)11-12-14-15-13-11;1-2;/h3-7H,1-2H3,(H,12,13,14,15);1-2H3;1H/b8-3-;;. The highest BCUT2D eigenvalue weighted by Gasteiger charge is 2.02. The molecular formula is C13H20N4. The van der Waals surface area contributed by atoms with Gasteiger partial charge in [0.15, 0.2) is 0 Å². The van der Waals surface area contributed by atoms with Crippen LogP contribution in [-0.4, -0.2) is 20.6 Å². The van der Waals surface area contributed by atoms with E-state index in [1.165, 1.54) is 11.1 Å². The van der Waals surface area contributed by atoms with E-state index >= 15 is 0 Å². The van der Waals surface area contributed by atoms with Gasteiger partial charge in [-0.15, -0.1) is 10.2 Å². The summed E-state index contributed by atoms with van der Waals surface area (Å²) in [7, 11) is 0. The van der Waals surface area contributed by atoms with Crippen LogP contribution in [0.3, 0.4) is 0 Å². The number of nitrogens with zero attached hydrogens (tertiary/aromatic N) is 3. The highest BCUT2D eigenvalue weighted by Crippen LogP contribution is 2.18. The molecule has 0 fully saturated rings. The van der Waals surface area contributed by atoms with Crippen molar-refractivity contribution in [2.45, 2.75) is 27.7 Å². The van der Waals surface area contributed by atoms with Crippen molar-refractivity contribution in [2.24, 2.45) is 0 Å². The molecule has 0 amide bonds. The van der Waals surface area contributed by atoms with E-state index in [-0.39, 0.29) is 1.43 Å². The summed E-state index contributed by atoms with van der Waals surface area (Å²) in [5.41, 5.74) is 3.44. The molecule has 0 aliphatic heterocycles. The van der Waals surface area contributed by atoms with E-state index in [2.05, 4.69) is 45.8 Å². The second-order valence-electron chi connectivity index (χ2n) is 3.28. The average Bonchev–Trinajstić information content (AvgIpc) is 2.94. The quantitative estimate of drug-likeness (QED) is 0.861. The fourth-order valence-electron chi connectivity index (χ4n) is 1.33. The Morgan fingerprint density at radius 2 is 1.88 bits per heavy atom. The Hall–Kier alpha value is -1.97. The summed E-state index contributed by atoms with van der Waals surface area (Å²) in [5, 5.41) is 13.8. The van der Waals surface area contributed by atoms with Crippen LogP contribution in [-0.2, 0) is 0 Å². The molecule has 0 aliphatic carbocycles. The molecule has 0 unspecified atom stereocenters. The lowest BCUT2D eigenvalue weighted by Crippen LogP contribution is -1.83. The zero-order valence-corrected chi connectivity index (χ0v) is 10.7. The first kappa shape index (κ1) is 13.1. The Labute approximate surface area is 103 Å². The zero-order valence-electron chi connectivity index (χ0n) is 10.7. The lowest BCUT2D eigenvalue weighted by Gasteiger charge is -2.01. The summed E-state index contributed by atoms with van der Waals surface area (Å²) in [6.07, 6.45) is 2.09. The van der Waals surface area contributed by atoms with Crippen molar-refractivity contribution in [2.75, 3.05) is 0 Å². The minimum atomic E-state index is 0. The van der Waals surface area contributed by atoms with E-state index in [1.54, 1.807) is 0 Å². The largest absolute Gasteiger partial charge is 0.204 e. The summed E-state index contributed by atoms with van der Waals surface area (Å²) in [4.78, 5) is 0. The van der Waals surface area contributed by atoms with Gasteiger partial charge in [-0.25, -0.2) is 0 Å². The number of nitrogens with one attached hydrogen (secondary N) is 1. The van der Waals surface area contributed by atoms with E-state index in [4.69, 9.17) is 0 Å². The number of benzene rings is 1. The SMILES string of the molecule is C/C=C(/C)c1ccc(-c2nn[nH]n2)cc1.CC.[HH]. The van der Waals surface area contributed by atoms with Crippen LogP contribution in [0.4, 0.5) is 0 Å². The molecule has 0 saturated heterocycles. The van der Waals surface area contributed by atoms with Crippen LogP contribution in [0.25, 0.3) is 17.0 Å². The first-order valence-corrected chi connectivity index (χ1v) is 5.78. The van der Waals surface area contributed by atoms with Crippen molar-refractivity contribution >= 4 is 5.57 Å². The molecule has 0 radical (unpaired) electrons. The Balaban J connectivity index is 0.000000917. The van der Waals surface area contributed by atoms with Gasteiger partial charge in [0.2, 0.25) is 5.82 Å². The Morgan fingerprint density at radius 1 is 1.24 bits per heavy atom. The predicted molar refractivity (Wildman–Crippen MR) is 72.4 cm³/mol. The maximum absolute atomic E-state index is 3.92. The van der Waals surface area contributed by atoms with E-state index in [9.17, 15) is 0 Å². The number of tetrazole rings is 1. The minimum Gasteiger partial charge on any atom is -0.177 e. The molecule has 2 rings (SSSR count). The fourth-order valence-corrected chi connectivity index (χ4v) is 1.33. The maximum atomic E-state index is 3.92. The second-order valence-corrected chi connectivity index (χ2v) is 3.28. The summed E-state index contributed by atoms with van der Waals surface area (Å²) >= 11 is 0. The van der Waals surface area contributed by atoms with Crippen LogP contribution in [0.2, 0.25) is 0 Å². The smallest absolute Gasteiger partial charge is 0.177 e. The van der Waals surface area contributed by atoms with Crippen LogP contribution in [0, 0.1) is 0 Å². The number of H-pyrrole nitrogens is 1. The van der Waals surface area contributed by atoms with Crippen LogP contribution < -0.4 is 0 Å². The van der Waals surface area contributed by atoms with Crippen LogP contribution in [0.5, 0.6) is 0 Å². The molecule has 0 aliphatic rings. The highest BCUT2D eigenvalue weighted by molar-refractivity contribution is 5.66. The van der Waals surface area contributed by atoms with E-state index in [0.717, 1.165) is 5.56 Å². The molecule has 0 saturated carbocycles. The predicted octanol–water partition coefficient (Wildman–Crippen LogP) is 3.56. The molecule has 92 valence electrons. The Bertz CT molecular complexity index is 460. The second kappa shape index (κ2) is 6.58. The van der Waals surface area contributed by atoms with Crippen LogP contribution in [0.1, 0.15) is 34.7 Å². The van der Waals surface area contributed by atoms with Gasteiger partial charge in [-0.05, 0) is 30.2 Å². The van der Waals surface area contributed by atoms with Crippen molar-refractivity contribution < 1.29 is 1.43 Å². The lowest BCUT2D eigenvalue weighted by molar-refractivity contribution is 0.881. The van der Waals surface area contributed by atoms with Gasteiger partial charge in [-0.1, -0.05) is 44.2 Å². The molecule has 1 aromatic heterocycles. The molecule has 1 aromatic carbocycles. The highest BCUT2D eigenvalue weighted by atomic mass is 15.5. The molecule has 0 spiro atoms. The fraction of sp³-hybridized carbons (Fsp3) is 0.308. The van der Waals surface area contributed by atoms with Crippen molar-refractivity contribution in [1.82, 2.24) is 20.6 Å². The van der Waals surface area contributed by atoms with Crippen molar-refractivity contribution in [3.05, 3.63) is 35.9 Å². The number of aromatic nitrogens is 4. The third-order valence-corrected chi connectivity index (χ3v) is 2.38. The molecular weight excluding hydrogens is 212 g/mol. The summed E-state index contributed by atoms with van der Waals surface area (Å²) in [6.45, 7) is 8.12. The molecule has 2 aromatic rings. The Kier molecular flexibility index (Phi) is 5.07. The van der Waals surface area contributed by atoms with Gasteiger partial charge in [0.05, 0.1) is 0 Å². The molecule has 4 nitrogen and oxygen atoms in total. The Morgan fingerprint density at radius 3 is 2.35 bits per heavy atom. The van der Waals surface area contributed by atoms with Crippen molar-refractivity contribution in [3.8, 4) is 11.4 Å². The monoisotopic (exact) mass is 232 g/mol. The van der Waals surface area contributed by atoms with Gasteiger partial charge in [0.1, 0.15) is 0 Å². The van der Waals surface area contributed by atoms with Crippen LogP contribution in [0.15, 0.2) is 30.3 Å². The minimum absolute atomic E-state index is 0. The molecule has 0 atom stereocenters. The van der Waals surface area contributed by atoms with Gasteiger partial charge in [0, 0.05) is 6.99 Å². The van der Waals surface area contributed by atoms with Crippen molar-refractivity contribution in [1.29, 1.82) is 0 Å². The first-order chi connectivity index (χ1) is 8.31. The van der Waals surface area contributed by atoms with Gasteiger partial charge in [-0.3, -0.25) is 0 Å². The third kappa shape index (κ3) is 3.24. The van der Waals surface area contributed by atoms with E-state index < -0.39 is 0 Å². The summed E-state index contributed by atoms with van der Waals surface area (Å²) in [5.74, 6) is 0.625. The molecule has 1 N–H and O–H groups in total. The lowest BCUT2D eigenvalue weighted by atomic mass is 10.1. The van der Waals surface area contributed by atoms with E-state index in [1.807, 2.05) is 32.9 Å².